The van der Waals surface area contributed by atoms with Crippen LogP contribution in [0, 0.1) is 0 Å². The van der Waals surface area contributed by atoms with Crippen LogP contribution in [0.2, 0.25) is 0 Å². The summed E-state index contributed by atoms with van der Waals surface area (Å²) in [5.41, 5.74) is 5.72. The summed E-state index contributed by atoms with van der Waals surface area (Å²) < 4.78 is 5.47. The minimum Gasteiger partial charge on any atom is -0.355 e. The van der Waals surface area contributed by atoms with Crippen LogP contribution in [-0.4, -0.2) is 16.3 Å². The molecular weight excluding hydrogens is 316 g/mol. The van der Waals surface area contributed by atoms with E-state index in [2.05, 4.69) is 17.3 Å². The van der Waals surface area contributed by atoms with E-state index in [1.807, 2.05) is 42.5 Å². The molecule has 0 aliphatic heterocycles. The number of hydroxylamine groups is 1. The number of nitrogens with one attached hydrogen (secondary N) is 1. The molecule has 0 bridgehead atoms. The highest BCUT2D eigenvalue weighted by atomic mass is 16.5. The van der Waals surface area contributed by atoms with Crippen LogP contribution in [0.15, 0.2) is 77.3 Å². The second-order valence-electron chi connectivity index (χ2n) is 5.63. The summed E-state index contributed by atoms with van der Waals surface area (Å²) in [5.74, 6) is 0.00989. The van der Waals surface area contributed by atoms with Crippen LogP contribution in [0.5, 0.6) is 0 Å². The van der Waals surface area contributed by atoms with Gasteiger partial charge in [0.2, 0.25) is 0 Å². The first-order valence-electron chi connectivity index (χ1n) is 7.76. The molecule has 0 atom stereocenters. The third kappa shape index (κ3) is 2.77. The fraction of sp³-hybridized carbons (Fsp3) is 0. The molecule has 1 amide bonds. The first-order chi connectivity index (χ1) is 12.3. The average Bonchev–Trinajstić information content (AvgIpc) is 3.11. The molecule has 0 radical (unpaired) electrons. The van der Waals surface area contributed by atoms with Crippen molar-refractivity contribution in [2.75, 3.05) is 0 Å². The maximum absolute atomic E-state index is 11.6. The molecule has 4 aromatic rings. The SMILES string of the molecule is O=C(NO)c1ccc2noc(-c3ccc(-c4ccccc4)cc3)c2c1. The van der Waals surface area contributed by atoms with Crippen molar-refractivity contribution in [1.82, 2.24) is 10.6 Å². The van der Waals surface area contributed by atoms with Crippen LogP contribution in [0.25, 0.3) is 33.4 Å². The molecule has 3 aromatic carbocycles. The van der Waals surface area contributed by atoms with Gasteiger partial charge in [0.25, 0.3) is 5.91 Å². The van der Waals surface area contributed by atoms with Crippen molar-refractivity contribution in [3.05, 3.63) is 78.4 Å². The van der Waals surface area contributed by atoms with Gasteiger partial charge in [0.15, 0.2) is 5.76 Å². The number of fused-ring (bicyclic) bond motifs is 1. The Morgan fingerprint density at radius 2 is 1.56 bits per heavy atom. The van der Waals surface area contributed by atoms with Gasteiger partial charge in [0.1, 0.15) is 5.52 Å². The first-order valence-corrected chi connectivity index (χ1v) is 7.76. The van der Waals surface area contributed by atoms with Gasteiger partial charge in [-0.15, -0.1) is 0 Å². The Bertz CT molecular complexity index is 1040. The maximum Gasteiger partial charge on any atom is 0.274 e. The van der Waals surface area contributed by atoms with E-state index in [1.54, 1.807) is 23.7 Å². The molecule has 0 saturated heterocycles. The largest absolute Gasteiger partial charge is 0.355 e. The van der Waals surface area contributed by atoms with E-state index in [9.17, 15) is 4.79 Å². The summed E-state index contributed by atoms with van der Waals surface area (Å²) in [6.07, 6.45) is 0. The Kier molecular flexibility index (Phi) is 3.76. The molecule has 0 spiro atoms. The van der Waals surface area contributed by atoms with Crippen LogP contribution >= 0.6 is 0 Å². The highest BCUT2D eigenvalue weighted by Crippen LogP contribution is 2.31. The van der Waals surface area contributed by atoms with Gasteiger partial charge >= 0.3 is 0 Å². The Hall–Kier alpha value is -3.44. The topological polar surface area (TPSA) is 75.4 Å². The zero-order valence-corrected chi connectivity index (χ0v) is 13.1. The molecule has 0 saturated carbocycles. The van der Waals surface area contributed by atoms with Crippen LogP contribution in [0.4, 0.5) is 0 Å². The molecule has 1 aromatic heterocycles. The van der Waals surface area contributed by atoms with Gasteiger partial charge in [-0.3, -0.25) is 10.0 Å². The molecule has 0 aliphatic carbocycles. The van der Waals surface area contributed by atoms with Crippen LogP contribution in [0.1, 0.15) is 10.4 Å². The Labute approximate surface area is 143 Å². The zero-order valence-electron chi connectivity index (χ0n) is 13.1. The fourth-order valence-electron chi connectivity index (χ4n) is 2.80. The van der Waals surface area contributed by atoms with Crippen molar-refractivity contribution in [2.45, 2.75) is 0 Å². The lowest BCUT2D eigenvalue weighted by Gasteiger charge is -2.03. The number of rotatable bonds is 3. The number of nitrogens with zero attached hydrogens (tertiary/aromatic N) is 1. The predicted octanol–water partition coefficient (Wildman–Crippen LogP) is 4.28. The predicted molar refractivity (Wildman–Crippen MR) is 94.1 cm³/mol. The van der Waals surface area contributed by atoms with Crippen molar-refractivity contribution >= 4 is 16.8 Å². The summed E-state index contributed by atoms with van der Waals surface area (Å²) in [7, 11) is 0. The van der Waals surface area contributed by atoms with E-state index in [4.69, 9.17) is 9.73 Å². The van der Waals surface area contributed by atoms with E-state index >= 15 is 0 Å². The van der Waals surface area contributed by atoms with Gasteiger partial charge in [-0.2, -0.15) is 0 Å². The first kappa shape index (κ1) is 15.1. The van der Waals surface area contributed by atoms with Gasteiger partial charge in [-0.1, -0.05) is 59.8 Å². The van der Waals surface area contributed by atoms with Crippen molar-refractivity contribution in [3.63, 3.8) is 0 Å². The lowest BCUT2D eigenvalue weighted by atomic mass is 10.0. The second-order valence-corrected chi connectivity index (χ2v) is 5.63. The number of amides is 1. The maximum atomic E-state index is 11.6. The number of aromatic nitrogens is 1. The number of carbonyl (C=O) groups is 1. The number of hydrogen-bond donors (Lipinski definition) is 2. The van der Waals surface area contributed by atoms with E-state index in [0.717, 1.165) is 16.7 Å². The number of benzene rings is 3. The van der Waals surface area contributed by atoms with Gasteiger partial charge in [0.05, 0.1) is 5.39 Å². The summed E-state index contributed by atoms with van der Waals surface area (Å²) in [6, 6.07) is 23.0. The van der Waals surface area contributed by atoms with Crippen molar-refractivity contribution in [3.8, 4) is 22.5 Å². The zero-order chi connectivity index (χ0) is 17.2. The molecule has 1 heterocycles. The molecule has 0 fully saturated rings. The minimum atomic E-state index is -0.575. The lowest BCUT2D eigenvalue weighted by molar-refractivity contribution is 0.0706. The molecule has 5 heteroatoms. The quantitative estimate of drug-likeness (QED) is 0.434. The number of carbonyl (C=O) groups excluding carboxylic acids is 1. The third-order valence-corrected chi connectivity index (χ3v) is 4.09. The molecule has 0 unspecified atom stereocenters. The van der Waals surface area contributed by atoms with E-state index in [0.29, 0.717) is 22.2 Å². The van der Waals surface area contributed by atoms with Crippen LogP contribution < -0.4 is 5.48 Å². The molecule has 122 valence electrons. The van der Waals surface area contributed by atoms with Crippen molar-refractivity contribution in [2.24, 2.45) is 0 Å². The van der Waals surface area contributed by atoms with E-state index in [1.165, 1.54) is 0 Å². The number of hydrogen-bond acceptors (Lipinski definition) is 4. The minimum absolute atomic E-state index is 0.334. The highest BCUT2D eigenvalue weighted by molar-refractivity contribution is 6.00. The lowest BCUT2D eigenvalue weighted by Crippen LogP contribution is -2.18. The summed E-state index contributed by atoms with van der Waals surface area (Å²) in [5, 5.41) is 13.5. The van der Waals surface area contributed by atoms with E-state index < -0.39 is 5.91 Å². The highest BCUT2D eigenvalue weighted by Gasteiger charge is 2.14. The van der Waals surface area contributed by atoms with Crippen molar-refractivity contribution in [1.29, 1.82) is 0 Å². The van der Waals surface area contributed by atoms with Gasteiger partial charge in [0, 0.05) is 11.1 Å². The normalized spacial score (nSPS) is 10.8. The van der Waals surface area contributed by atoms with Crippen LogP contribution in [0.3, 0.4) is 0 Å². The summed E-state index contributed by atoms with van der Waals surface area (Å²) >= 11 is 0. The molecule has 4 rings (SSSR count). The van der Waals surface area contributed by atoms with Gasteiger partial charge < -0.3 is 4.52 Å². The molecular formula is C20H14N2O3. The fourth-order valence-corrected chi connectivity index (χ4v) is 2.80. The van der Waals surface area contributed by atoms with Gasteiger partial charge in [-0.05, 0) is 29.3 Å². The Balaban J connectivity index is 1.75. The van der Waals surface area contributed by atoms with Gasteiger partial charge in [-0.25, -0.2) is 5.48 Å². The molecule has 5 nitrogen and oxygen atoms in total. The molecule has 2 N–H and O–H groups in total. The Morgan fingerprint density at radius 1 is 0.880 bits per heavy atom. The van der Waals surface area contributed by atoms with Crippen molar-refractivity contribution < 1.29 is 14.5 Å². The second kappa shape index (κ2) is 6.22. The molecule has 25 heavy (non-hydrogen) atoms. The third-order valence-electron chi connectivity index (χ3n) is 4.09. The summed E-state index contributed by atoms with van der Waals surface area (Å²) in [4.78, 5) is 11.6. The van der Waals surface area contributed by atoms with Crippen LogP contribution in [-0.2, 0) is 0 Å². The summed E-state index contributed by atoms with van der Waals surface area (Å²) in [6.45, 7) is 0. The Morgan fingerprint density at radius 3 is 2.28 bits per heavy atom. The monoisotopic (exact) mass is 330 g/mol. The smallest absolute Gasteiger partial charge is 0.274 e. The average molecular weight is 330 g/mol. The molecule has 0 aliphatic rings. The standard InChI is InChI=1S/C20H14N2O3/c23-20(21-24)16-10-11-18-17(12-16)19(25-22-18)15-8-6-14(7-9-15)13-4-2-1-3-5-13/h1-12,24H,(H,21,23). The van der Waals surface area contributed by atoms with E-state index in [-0.39, 0.29) is 0 Å².